The van der Waals surface area contributed by atoms with Gasteiger partial charge in [0.2, 0.25) is 5.91 Å². The Hall–Kier alpha value is -1.32. The highest BCUT2D eigenvalue weighted by atomic mass is 79.9. The van der Waals surface area contributed by atoms with Gasteiger partial charge in [-0.15, -0.1) is 0 Å². The van der Waals surface area contributed by atoms with Gasteiger partial charge in [0.15, 0.2) is 0 Å². The van der Waals surface area contributed by atoms with E-state index < -0.39 is 0 Å². The molecule has 0 aromatic heterocycles. The number of carbonyl (C=O) groups is 1. The van der Waals surface area contributed by atoms with Gasteiger partial charge in [0.1, 0.15) is 0 Å². The van der Waals surface area contributed by atoms with Crippen LogP contribution in [-0.2, 0) is 16.8 Å². The molecule has 2 nitrogen and oxygen atoms in total. The quantitative estimate of drug-likeness (QED) is 0.853. The molecular formula is C17H15BrClNO. The van der Waals surface area contributed by atoms with E-state index in [1.54, 1.807) is 0 Å². The molecule has 1 fully saturated rings. The normalized spacial score (nSPS) is 15.5. The van der Waals surface area contributed by atoms with E-state index in [2.05, 4.69) is 21.2 Å². The molecule has 2 aromatic rings. The lowest BCUT2D eigenvalue weighted by Crippen LogP contribution is -2.34. The molecule has 21 heavy (non-hydrogen) atoms. The van der Waals surface area contributed by atoms with E-state index in [1.165, 1.54) is 0 Å². The number of hydrogen-bond donors (Lipinski definition) is 1. The first-order valence-corrected chi connectivity index (χ1v) is 8.06. The second-order valence-electron chi connectivity index (χ2n) is 5.40. The number of rotatable bonds is 4. The molecule has 1 amide bonds. The van der Waals surface area contributed by atoms with Crippen LogP contribution in [0.2, 0.25) is 5.02 Å². The molecule has 1 aliphatic carbocycles. The third-order valence-corrected chi connectivity index (χ3v) is 4.69. The molecule has 0 unspecified atom stereocenters. The van der Waals surface area contributed by atoms with Gasteiger partial charge in [-0.3, -0.25) is 4.79 Å². The lowest BCUT2D eigenvalue weighted by Gasteiger charge is -2.16. The van der Waals surface area contributed by atoms with Crippen molar-refractivity contribution in [1.29, 1.82) is 0 Å². The van der Waals surface area contributed by atoms with E-state index in [-0.39, 0.29) is 11.3 Å². The molecule has 2 aromatic carbocycles. The third-order valence-electron chi connectivity index (χ3n) is 3.92. The lowest BCUT2D eigenvalue weighted by molar-refractivity contribution is -0.123. The topological polar surface area (TPSA) is 29.1 Å². The van der Waals surface area contributed by atoms with Gasteiger partial charge in [-0.2, -0.15) is 0 Å². The van der Waals surface area contributed by atoms with Crippen LogP contribution in [0.3, 0.4) is 0 Å². The zero-order chi connectivity index (χ0) is 14.9. The monoisotopic (exact) mass is 363 g/mol. The van der Waals surface area contributed by atoms with Crippen LogP contribution in [0.1, 0.15) is 24.0 Å². The molecule has 1 aliphatic rings. The predicted octanol–water partition coefficient (Wildman–Crippen LogP) is 4.45. The minimum atomic E-state index is -0.334. The highest BCUT2D eigenvalue weighted by molar-refractivity contribution is 9.10. The van der Waals surface area contributed by atoms with E-state index in [4.69, 9.17) is 11.6 Å². The predicted molar refractivity (Wildman–Crippen MR) is 88.4 cm³/mol. The fourth-order valence-electron chi connectivity index (χ4n) is 2.54. The molecule has 4 heteroatoms. The number of halogens is 2. The van der Waals surface area contributed by atoms with Crippen LogP contribution in [0.5, 0.6) is 0 Å². The average Bonchev–Trinajstić information content (AvgIpc) is 3.27. The second-order valence-corrected chi connectivity index (χ2v) is 6.75. The van der Waals surface area contributed by atoms with Gasteiger partial charge in [-0.1, -0.05) is 51.8 Å². The second kappa shape index (κ2) is 5.82. The molecule has 0 saturated heterocycles. The smallest absolute Gasteiger partial charge is 0.230 e. The fraction of sp³-hybridized carbons (Fsp3) is 0.235. The SMILES string of the molecule is O=C(NCc1cccc(Cl)c1)C1(c2ccc(Br)cc2)CC1. The minimum Gasteiger partial charge on any atom is -0.351 e. The van der Waals surface area contributed by atoms with Gasteiger partial charge in [-0.25, -0.2) is 0 Å². The molecular weight excluding hydrogens is 350 g/mol. The Morgan fingerprint density at radius 1 is 1.19 bits per heavy atom. The maximum Gasteiger partial charge on any atom is 0.230 e. The van der Waals surface area contributed by atoms with Gasteiger partial charge < -0.3 is 5.32 Å². The van der Waals surface area contributed by atoms with Gasteiger partial charge in [-0.05, 0) is 48.2 Å². The maximum atomic E-state index is 12.5. The zero-order valence-corrected chi connectivity index (χ0v) is 13.7. The van der Waals surface area contributed by atoms with Crippen molar-refractivity contribution in [1.82, 2.24) is 5.32 Å². The van der Waals surface area contributed by atoms with E-state index in [1.807, 2.05) is 48.5 Å². The molecule has 0 heterocycles. The van der Waals surface area contributed by atoms with E-state index in [0.29, 0.717) is 11.6 Å². The van der Waals surface area contributed by atoms with E-state index >= 15 is 0 Å². The number of amides is 1. The van der Waals surface area contributed by atoms with Gasteiger partial charge in [0.25, 0.3) is 0 Å². The van der Waals surface area contributed by atoms with Crippen molar-refractivity contribution in [2.75, 3.05) is 0 Å². The molecule has 0 atom stereocenters. The van der Waals surface area contributed by atoms with Crippen LogP contribution in [0.4, 0.5) is 0 Å². The first-order chi connectivity index (χ1) is 10.1. The molecule has 1 saturated carbocycles. The van der Waals surface area contributed by atoms with E-state index in [9.17, 15) is 4.79 Å². The molecule has 0 bridgehead atoms. The summed E-state index contributed by atoms with van der Waals surface area (Å²) in [5.41, 5.74) is 1.77. The Balaban J connectivity index is 1.69. The van der Waals surface area contributed by atoms with Crippen LogP contribution in [-0.4, -0.2) is 5.91 Å². The summed E-state index contributed by atoms with van der Waals surface area (Å²) in [5.74, 6) is 0.102. The van der Waals surface area contributed by atoms with Crippen LogP contribution >= 0.6 is 27.5 Å². The Morgan fingerprint density at radius 3 is 2.52 bits per heavy atom. The van der Waals surface area contributed by atoms with Crippen molar-refractivity contribution in [3.63, 3.8) is 0 Å². The lowest BCUT2D eigenvalue weighted by atomic mass is 9.95. The Bertz CT molecular complexity index is 665. The Kier molecular flexibility index (Phi) is 4.05. The number of nitrogens with one attached hydrogen (secondary N) is 1. The molecule has 3 rings (SSSR count). The van der Waals surface area contributed by atoms with Crippen molar-refractivity contribution in [2.24, 2.45) is 0 Å². The Morgan fingerprint density at radius 2 is 1.90 bits per heavy atom. The summed E-state index contributed by atoms with van der Waals surface area (Å²) in [7, 11) is 0. The number of carbonyl (C=O) groups excluding carboxylic acids is 1. The van der Waals surface area contributed by atoms with Crippen molar-refractivity contribution < 1.29 is 4.79 Å². The first-order valence-electron chi connectivity index (χ1n) is 6.89. The summed E-state index contributed by atoms with van der Waals surface area (Å²) >= 11 is 9.38. The van der Waals surface area contributed by atoms with Crippen LogP contribution in [0.15, 0.2) is 53.0 Å². The van der Waals surface area contributed by atoms with Crippen molar-refractivity contribution in [3.8, 4) is 0 Å². The van der Waals surface area contributed by atoms with Gasteiger partial charge in [0, 0.05) is 16.0 Å². The molecule has 0 aliphatic heterocycles. The Labute approximate surface area is 137 Å². The summed E-state index contributed by atoms with van der Waals surface area (Å²) < 4.78 is 1.03. The maximum absolute atomic E-state index is 12.5. The van der Waals surface area contributed by atoms with Crippen LogP contribution in [0, 0.1) is 0 Å². The van der Waals surface area contributed by atoms with E-state index in [0.717, 1.165) is 28.4 Å². The standard InChI is InChI=1S/C17H15BrClNO/c18-14-6-4-13(5-7-14)17(8-9-17)16(21)20-11-12-2-1-3-15(19)10-12/h1-7,10H,8-9,11H2,(H,20,21). The first kappa shape index (κ1) is 14.6. The van der Waals surface area contributed by atoms with Crippen molar-refractivity contribution in [3.05, 3.63) is 69.2 Å². The largest absolute Gasteiger partial charge is 0.351 e. The minimum absolute atomic E-state index is 0.102. The summed E-state index contributed by atoms with van der Waals surface area (Å²) in [6, 6.07) is 15.6. The molecule has 0 radical (unpaired) electrons. The highest BCUT2D eigenvalue weighted by Gasteiger charge is 2.50. The molecule has 0 spiro atoms. The van der Waals surface area contributed by atoms with Crippen molar-refractivity contribution in [2.45, 2.75) is 24.8 Å². The average molecular weight is 365 g/mol. The molecule has 1 N–H and O–H groups in total. The van der Waals surface area contributed by atoms with Gasteiger partial charge >= 0.3 is 0 Å². The van der Waals surface area contributed by atoms with Gasteiger partial charge in [0.05, 0.1) is 5.41 Å². The molecule has 108 valence electrons. The van der Waals surface area contributed by atoms with Crippen LogP contribution in [0.25, 0.3) is 0 Å². The third kappa shape index (κ3) is 3.14. The fourth-order valence-corrected chi connectivity index (χ4v) is 3.02. The summed E-state index contributed by atoms with van der Waals surface area (Å²) in [6.45, 7) is 0.512. The van der Waals surface area contributed by atoms with Crippen molar-refractivity contribution >= 4 is 33.4 Å². The zero-order valence-electron chi connectivity index (χ0n) is 11.4. The summed E-state index contributed by atoms with van der Waals surface area (Å²) in [6.07, 6.45) is 1.83. The number of benzene rings is 2. The summed E-state index contributed by atoms with van der Waals surface area (Å²) in [4.78, 5) is 12.5. The number of hydrogen-bond acceptors (Lipinski definition) is 1. The summed E-state index contributed by atoms with van der Waals surface area (Å²) in [5, 5.41) is 3.72. The van der Waals surface area contributed by atoms with Crippen LogP contribution < -0.4 is 5.32 Å². The highest BCUT2D eigenvalue weighted by Crippen LogP contribution is 2.48.